The van der Waals surface area contributed by atoms with Gasteiger partial charge >= 0.3 is 5.97 Å². The van der Waals surface area contributed by atoms with E-state index in [9.17, 15) is 13.6 Å². The number of hydrogen-bond donors (Lipinski definition) is 2. The quantitative estimate of drug-likeness (QED) is 0.712. The van der Waals surface area contributed by atoms with Crippen molar-refractivity contribution in [1.82, 2.24) is 5.32 Å². The van der Waals surface area contributed by atoms with Gasteiger partial charge in [0.2, 0.25) is 0 Å². The predicted molar refractivity (Wildman–Crippen MR) is 97.7 cm³/mol. The van der Waals surface area contributed by atoms with Crippen LogP contribution in [-0.2, 0) is 9.53 Å². The lowest BCUT2D eigenvalue weighted by molar-refractivity contribution is -0.137. The largest absolute Gasteiger partial charge is 0.481 e. The summed E-state index contributed by atoms with van der Waals surface area (Å²) in [6.07, 6.45) is 3.83. The van der Waals surface area contributed by atoms with Gasteiger partial charge in [0.15, 0.2) is 5.56 Å². The van der Waals surface area contributed by atoms with Gasteiger partial charge in [-0.3, -0.25) is 4.79 Å². The molecule has 2 N–H and O–H groups in total. The Morgan fingerprint density at radius 1 is 1.38 bits per heavy atom. The lowest BCUT2D eigenvalue weighted by Crippen LogP contribution is -2.32. The van der Waals surface area contributed by atoms with Crippen LogP contribution < -0.4 is 10.2 Å². The highest BCUT2D eigenvalue weighted by Gasteiger charge is 2.27. The lowest BCUT2D eigenvalue weighted by Gasteiger charge is -2.28. The normalized spacial score (nSPS) is 19.7. The fraction of sp³-hybridized carbons (Fsp3) is 0.500. The molecule has 26 heavy (non-hydrogen) atoms. The van der Waals surface area contributed by atoms with E-state index in [4.69, 9.17) is 9.84 Å². The van der Waals surface area contributed by atoms with Gasteiger partial charge in [-0.15, -0.1) is 0 Å². The number of carboxylic acid groups (broad SMARTS) is 1. The van der Waals surface area contributed by atoms with Gasteiger partial charge in [0.25, 0.3) is 0 Å². The number of hydrogen-bond acceptors (Lipinski definition) is 5. The fourth-order valence-electron chi connectivity index (χ4n) is 2.89. The highest BCUT2D eigenvalue weighted by Crippen LogP contribution is 2.34. The van der Waals surface area contributed by atoms with Crippen LogP contribution in [0.25, 0.3) is 5.70 Å². The van der Waals surface area contributed by atoms with Crippen molar-refractivity contribution < 1.29 is 23.4 Å². The minimum absolute atomic E-state index is 0.0396. The number of carbonyl (C=O) groups is 1. The molecule has 142 valence electrons. The highest BCUT2D eigenvalue weighted by atomic mass is 32.2. The molecule has 1 aliphatic carbocycles. The van der Waals surface area contributed by atoms with Crippen LogP contribution in [-0.4, -0.2) is 36.3 Å². The summed E-state index contributed by atoms with van der Waals surface area (Å²) in [5.41, 5.74) is 0.694. The summed E-state index contributed by atoms with van der Waals surface area (Å²) in [4.78, 5) is 12.0. The second-order valence-corrected chi connectivity index (χ2v) is 7.48. The van der Waals surface area contributed by atoms with Crippen molar-refractivity contribution in [3.63, 3.8) is 0 Å². The average molecular weight is 384 g/mol. The summed E-state index contributed by atoms with van der Waals surface area (Å²) in [5, 5.41) is 13.6. The first kappa shape index (κ1) is 19.0. The maximum absolute atomic E-state index is 14.5. The number of benzene rings is 1. The van der Waals surface area contributed by atoms with Gasteiger partial charge < -0.3 is 20.1 Å². The number of ether oxygens (including phenoxy) is 1. The van der Waals surface area contributed by atoms with Crippen LogP contribution in [0.1, 0.15) is 37.7 Å². The Balaban J connectivity index is 1.64. The fourth-order valence-corrected chi connectivity index (χ4v) is 3.77. The van der Waals surface area contributed by atoms with Crippen LogP contribution in [0.2, 0.25) is 0 Å². The van der Waals surface area contributed by atoms with Crippen molar-refractivity contribution in [2.75, 3.05) is 18.5 Å². The molecule has 1 fully saturated rings. The van der Waals surface area contributed by atoms with Gasteiger partial charge in [0.05, 0.1) is 11.8 Å². The van der Waals surface area contributed by atoms with Gasteiger partial charge in [-0.1, -0.05) is 11.8 Å². The predicted octanol–water partition coefficient (Wildman–Crippen LogP) is 3.75. The van der Waals surface area contributed by atoms with Crippen molar-refractivity contribution in [2.45, 2.75) is 43.8 Å². The van der Waals surface area contributed by atoms with E-state index in [2.05, 4.69) is 5.32 Å². The zero-order chi connectivity index (χ0) is 18.7. The number of nitrogens with zero attached hydrogens (tertiary/aromatic N) is 1. The minimum Gasteiger partial charge on any atom is -0.481 e. The molecule has 2 aliphatic rings. The van der Waals surface area contributed by atoms with Crippen LogP contribution in [0.4, 0.5) is 14.5 Å². The van der Waals surface area contributed by atoms with Crippen LogP contribution in [0.5, 0.6) is 0 Å². The number of anilines is 1. The van der Waals surface area contributed by atoms with Gasteiger partial charge in [-0.05, 0) is 43.2 Å². The third-order valence-electron chi connectivity index (χ3n) is 4.54. The summed E-state index contributed by atoms with van der Waals surface area (Å²) in [7, 11) is 1.55. The molecule has 1 unspecified atom stereocenters. The number of carboxylic acids is 1. The van der Waals surface area contributed by atoms with Crippen LogP contribution in [0.3, 0.4) is 0 Å². The molecule has 1 atom stereocenters. The minimum atomic E-state index is -0.926. The lowest BCUT2D eigenvalue weighted by atomic mass is 9.96. The molecule has 1 aromatic carbocycles. The number of halogens is 2. The summed E-state index contributed by atoms with van der Waals surface area (Å²) in [6, 6.07) is 2.58. The number of rotatable bonds is 8. The molecule has 0 bridgehead atoms. The zero-order valence-electron chi connectivity index (χ0n) is 14.5. The number of thioether (sulfide) groups is 1. The van der Waals surface area contributed by atoms with Gasteiger partial charge in [0.1, 0.15) is 17.3 Å². The van der Waals surface area contributed by atoms with Crippen molar-refractivity contribution in [3.8, 4) is 0 Å². The van der Waals surface area contributed by atoms with Crippen LogP contribution >= 0.6 is 11.8 Å². The first-order chi connectivity index (χ1) is 12.4. The molecule has 0 spiro atoms. The zero-order valence-corrected chi connectivity index (χ0v) is 15.3. The Morgan fingerprint density at radius 3 is 2.65 bits per heavy atom. The smallest absolute Gasteiger partial charge is 0.303 e. The van der Waals surface area contributed by atoms with Crippen molar-refractivity contribution in [1.29, 1.82) is 0 Å². The maximum atomic E-state index is 14.5. The summed E-state index contributed by atoms with van der Waals surface area (Å²) < 4.78 is 34.8. The van der Waals surface area contributed by atoms with Crippen molar-refractivity contribution in [3.05, 3.63) is 34.7 Å². The summed E-state index contributed by atoms with van der Waals surface area (Å²) in [6.45, 7) is 0.258. The van der Waals surface area contributed by atoms with Crippen LogP contribution in [0.15, 0.2) is 17.5 Å². The molecule has 8 heteroatoms. The van der Waals surface area contributed by atoms with E-state index in [1.807, 2.05) is 5.41 Å². The van der Waals surface area contributed by atoms with E-state index >= 15 is 0 Å². The first-order valence-corrected chi connectivity index (χ1v) is 9.58. The molecule has 0 aromatic heterocycles. The van der Waals surface area contributed by atoms with Crippen molar-refractivity contribution in [2.24, 2.45) is 0 Å². The standard InChI is InChI=1S/C18H22F2N2O3S/c1-22(7-3-6-16(23)24)17-13(19)8-11(9-14(17)20)15-10-26-18(21-15)25-12-4-2-5-12/h8-10,12,18,21H,2-7H2,1H3,(H,23,24). The number of aliphatic carboxylic acids is 1. The third-order valence-corrected chi connectivity index (χ3v) is 5.39. The molecular weight excluding hydrogens is 362 g/mol. The Labute approximate surface area is 155 Å². The third kappa shape index (κ3) is 4.48. The van der Waals surface area contributed by atoms with Gasteiger partial charge in [-0.25, -0.2) is 8.78 Å². The number of nitrogens with one attached hydrogen (secondary N) is 1. The molecule has 5 nitrogen and oxygen atoms in total. The Hall–Kier alpha value is -1.80. The van der Waals surface area contributed by atoms with E-state index in [0.29, 0.717) is 17.7 Å². The van der Waals surface area contributed by atoms with Gasteiger partial charge in [-0.2, -0.15) is 0 Å². The molecule has 0 amide bonds. The highest BCUT2D eigenvalue weighted by molar-refractivity contribution is 8.03. The molecular formula is C18H22F2N2O3S. The van der Waals surface area contributed by atoms with E-state index < -0.39 is 17.6 Å². The first-order valence-electron chi connectivity index (χ1n) is 8.64. The van der Waals surface area contributed by atoms with E-state index in [1.54, 1.807) is 7.05 Å². The topological polar surface area (TPSA) is 61.8 Å². The molecule has 0 saturated heterocycles. The second kappa shape index (κ2) is 8.26. The maximum Gasteiger partial charge on any atom is 0.303 e. The van der Waals surface area contributed by atoms with Crippen molar-refractivity contribution >= 4 is 29.1 Å². The Morgan fingerprint density at radius 2 is 2.08 bits per heavy atom. The molecule has 1 aromatic rings. The second-order valence-electron chi connectivity index (χ2n) is 6.54. The Kier molecular flexibility index (Phi) is 6.03. The molecule has 1 aliphatic heterocycles. The molecule has 0 radical (unpaired) electrons. The average Bonchev–Trinajstić information content (AvgIpc) is 2.98. The van der Waals surface area contributed by atoms with E-state index in [-0.39, 0.29) is 30.3 Å². The molecule has 1 heterocycles. The van der Waals surface area contributed by atoms with Crippen LogP contribution in [0, 0.1) is 11.6 Å². The van der Waals surface area contributed by atoms with Gasteiger partial charge in [0, 0.05) is 25.6 Å². The SMILES string of the molecule is CN(CCCC(=O)O)c1c(F)cc(C2=CSC(OC3CCC3)N2)cc1F. The summed E-state index contributed by atoms with van der Waals surface area (Å²) in [5.74, 6) is -2.27. The molecule has 1 saturated carbocycles. The van der Waals surface area contributed by atoms with E-state index in [1.165, 1.54) is 35.2 Å². The Bertz CT molecular complexity index is 687. The molecule has 3 rings (SSSR count). The summed E-state index contributed by atoms with van der Waals surface area (Å²) >= 11 is 1.45. The van der Waals surface area contributed by atoms with E-state index in [0.717, 1.165) is 12.8 Å². The monoisotopic (exact) mass is 384 g/mol.